The Balaban J connectivity index is 1.78. The summed E-state index contributed by atoms with van der Waals surface area (Å²) in [6.45, 7) is 10.3. The van der Waals surface area contributed by atoms with Gasteiger partial charge in [-0.25, -0.2) is 4.68 Å². The number of benzene rings is 2. The Morgan fingerprint density at radius 1 is 1.09 bits per heavy atom. The zero-order chi connectivity index (χ0) is 25.6. The Labute approximate surface area is 212 Å². The van der Waals surface area contributed by atoms with Crippen LogP contribution in [-0.2, 0) is 15.0 Å². The van der Waals surface area contributed by atoms with E-state index in [0.29, 0.717) is 28.8 Å². The highest BCUT2D eigenvalue weighted by Gasteiger charge is 2.24. The topological polar surface area (TPSA) is 76.5 Å². The maximum atomic E-state index is 13.1. The van der Waals surface area contributed by atoms with Crippen LogP contribution in [0.25, 0.3) is 5.69 Å². The number of amides is 2. The fourth-order valence-electron chi connectivity index (χ4n) is 3.45. The average Bonchev–Trinajstić information content (AvgIpc) is 3.21. The maximum absolute atomic E-state index is 13.1. The monoisotopic (exact) mass is 496 g/mol. The van der Waals surface area contributed by atoms with Gasteiger partial charge in [0, 0.05) is 18.0 Å². The van der Waals surface area contributed by atoms with Gasteiger partial charge in [0.2, 0.25) is 5.91 Å². The molecule has 0 aliphatic carbocycles. The number of carbonyl (C=O) groups is 2. The summed E-state index contributed by atoms with van der Waals surface area (Å²) in [5.74, 6) is 0.698. The second kappa shape index (κ2) is 11.4. The summed E-state index contributed by atoms with van der Waals surface area (Å²) in [7, 11) is 0. The number of hydrogen-bond acceptors (Lipinski definition) is 4. The number of anilines is 1. The van der Waals surface area contributed by atoms with Gasteiger partial charge in [-0.05, 0) is 30.2 Å². The molecule has 8 heteroatoms. The summed E-state index contributed by atoms with van der Waals surface area (Å²) >= 11 is 6.42. The summed E-state index contributed by atoms with van der Waals surface area (Å²) in [6.07, 6.45) is 0. The Morgan fingerprint density at radius 3 is 2.37 bits per heavy atom. The Bertz CT molecular complexity index is 1150. The smallest absolute Gasteiger partial charge is 0.260 e. The summed E-state index contributed by atoms with van der Waals surface area (Å²) in [6, 6.07) is 18.3. The number of para-hydroxylation sites is 2. The van der Waals surface area contributed by atoms with Crippen molar-refractivity contribution in [3.8, 4) is 11.4 Å². The zero-order valence-electron chi connectivity index (χ0n) is 20.9. The minimum Gasteiger partial charge on any atom is -0.484 e. The van der Waals surface area contributed by atoms with Crippen LogP contribution < -0.4 is 10.1 Å². The molecule has 0 aliphatic heterocycles. The van der Waals surface area contributed by atoms with Gasteiger partial charge in [0.1, 0.15) is 18.1 Å². The van der Waals surface area contributed by atoms with E-state index in [1.54, 1.807) is 22.9 Å². The van der Waals surface area contributed by atoms with Gasteiger partial charge in [0.05, 0.1) is 16.4 Å². The summed E-state index contributed by atoms with van der Waals surface area (Å²) < 4.78 is 7.24. The molecular formula is C27H33ClN4O3. The zero-order valence-corrected chi connectivity index (χ0v) is 21.7. The highest BCUT2D eigenvalue weighted by atomic mass is 35.5. The molecule has 2 amide bonds. The molecule has 0 atom stereocenters. The van der Waals surface area contributed by atoms with Crippen molar-refractivity contribution in [2.45, 2.75) is 40.0 Å². The van der Waals surface area contributed by atoms with E-state index in [1.165, 1.54) is 4.90 Å². The molecule has 0 bridgehead atoms. The highest BCUT2D eigenvalue weighted by Crippen LogP contribution is 2.29. The standard InChI is InChI=1S/C27H33ClN4O3/c1-19(2)16-31(26(34)18-35-20-11-7-6-8-12-20)17-25(33)29-24-15-23(27(3,4)5)30-32(24)22-14-10-9-13-21(22)28/h6-15,19H,16-18H2,1-5H3,(H,29,33). The number of ether oxygens (including phenoxy) is 1. The van der Waals surface area contributed by atoms with E-state index in [2.05, 4.69) is 5.32 Å². The number of rotatable bonds is 9. The lowest BCUT2D eigenvalue weighted by atomic mass is 9.92. The highest BCUT2D eigenvalue weighted by molar-refractivity contribution is 6.32. The van der Waals surface area contributed by atoms with Crippen molar-refractivity contribution in [1.82, 2.24) is 14.7 Å². The van der Waals surface area contributed by atoms with Gasteiger partial charge in [-0.15, -0.1) is 0 Å². The number of carbonyl (C=O) groups excluding carboxylic acids is 2. The van der Waals surface area contributed by atoms with E-state index in [4.69, 9.17) is 21.4 Å². The first-order valence-corrected chi connectivity index (χ1v) is 12.0. The molecular weight excluding hydrogens is 464 g/mol. The lowest BCUT2D eigenvalue weighted by Gasteiger charge is -2.24. The predicted molar refractivity (Wildman–Crippen MR) is 139 cm³/mol. The number of aromatic nitrogens is 2. The lowest BCUT2D eigenvalue weighted by Crippen LogP contribution is -2.42. The Morgan fingerprint density at radius 2 is 1.74 bits per heavy atom. The molecule has 35 heavy (non-hydrogen) atoms. The fourth-order valence-corrected chi connectivity index (χ4v) is 3.66. The number of nitrogens with one attached hydrogen (secondary N) is 1. The molecule has 1 aromatic heterocycles. The molecule has 0 saturated carbocycles. The Kier molecular flexibility index (Phi) is 8.57. The molecule has 2 aromatic carbocycles. The SMILES string of the molecule is CC(C)CN(CC(=O)Nc1cc(C(C)(C)C)nn1-c1ccccc1Cl)C(=O)COc1ccccc1. The van der Waals surface area contributed by atoms with Crippen molar-refractivity contribution in [2.24, 2.45) is 5.92 Å². The van der Waals surface area contributed by atoms with Crippen molar-refractivity contribution in [2.75, 3.05) is 25.0 Å². The van der Waals surface area contributed by atoms with Gasteiger partial charge < -0.3 is 15.0 Å². The van der Waals surface area contributed by atoms with Gasteiger partial charge in [0.15, 0.2) is 6.61 Å². The van der Waals surface area contributed by atoms with Crippen molar-refractivity contribution in [3.63, 3.8) is 0 Å². The average molecular weight is 497 g/mol. The normalized spacial score (nSPS) is 11.4. The van der Waals surface area contributed by atoms with Crippen molar-refractivity contribution >= 4 is 29.2 Å². The van der Waals surface area contributed by atoms with Crippen LogP contribution >= 0.6 is 11.6 Å². The predicted octanol–water partition coefficient (Wildman–Crippen LogP) is 5.33. The second-order valence-electron chi connectivity index (χ2n) is 9.85. The molecule has 3 aromatic rings. The van der Waals surface area contributed by atoms with E-state index in [9.17, 15) is 9.59 Å². The van der Waals surface area contributed by atoms with E-state index in [-0.39, 0.29) is 36.3 Å². The first kappa shape index (κ1) is 26.3. The van der Waals surface area contributed by atoms with Crippen LogP contribution in [0, 0.1) is 5.92 Å². The van der Waals surface area contributed by atoms with Gasteiger partial charge in [-0.1, -0.05) is 76.6 Å². The van der Waals surface area contributed by atoms with Gasteiger partial charge in [0.25, 0.3) is 5.91 Å². The number of nitrogens with zero attached hydrogens (tertiary/aromatic N) is 3. The third kappa shape index (κ3) is 7.33. The minimum atomic E-state index is -0.327. The minimum absolute atomic E-state index is 0.103. The van der Waals surface area contributed by atoms with Gasteiger partial charge in [-0.2, -0.15) is 5.10 Å². The fraction of sp³-hybridized carbons (Fsp3) is 0.370. The van der Waals surface area contributed by atoms with Crippen LogP contribution in [0.3, 0.4) is 0 Å². The molecule has 0 fully saturated rings. The van der Waals surface area contributed by atoms with E-state index in [1.807, 2.05) is 77.1 Å². The molecule has 0 spiro atoms. The van der Waals surface area contributed by atoms with Gasteiger partial charge >= 0.3 is 0 Å². The maximum Gasteiger partial charge on any atom is 0.260 e. The molecule has 1 heterocycles. The van der Waals surface area contributed by atoms with Crippen LogP contribution in [0.15, 0.2) is 60.7 Å². The Hall–Kier alpha value is -3.32. The molecule has 0 aliphatic rings. The third-order valence-corrected chi connectivity index (χ3v) is 5.52. The van der Waals surface area contributed by atoms with Gasteiger partial charge in [-0.3, -0.25) is 9.59 Å². The molecule has 0 unspecified atom stereocenters. The molecule has 0 saturated heterocycles. The first-order valence-electron chi connectivity index (χ1n) is 11.7. The largest absolute Gasteiger partial charge is 0.484 e. The van der Waals surface area contributed by atoms with Crippen LogP contribution in [0.1, 0.15) is 40.3 Å². The number of halogens is 1. The first-order chi connectivity index (χ1) is 16.5. The van der Waals surface area contributed by atoms with Crippen LogP contribution in [0.4, 0.5) is 5.82 Å². The van der Waals surface area contributed by atoms with Crippen LogP contribution in [0.5, 0.6) is 5.75 Å². The van der Waals surface area contributed by atoms with Crippen molar-refractivity contribution in [1.29, 1.82) is 0 Å². The molecule has 0 radical (unpaired) electrons. The molecule has 3 rings (SSSR count). The van der Waals surface area contributed by atoms with E-state index in [0.717, 1.165) is 5.69 Å². The van der Waals surface area contributed by atoms with E-state index >= 15 is 0 Å². The summed E-state index contributed by atoms with van der Waals surface area (Å²) in [5, 5.41) is 8.15. The van der Waals surface area contributed by atoms with Crippen molar-refractivity contribution < 1.29 is 14.3 Å². The quantitative estimate of drug-likeness (QED) is 0.434. The number of hydrogen-bond donors (Lipinski definition) is 1. The van der Waals surface area contributed by atoms with E-state index < -0.39 is 0 Å². The summed E-state index contributed by atoms with van der Waals surface area (Å²) in [4.78, 5) is 27.5. The summed E-state index contributed by atoms with van der Waals surface area (Å²) in [5.41, 5.74) is 1.23. The van der Waals surface area contributed by atoms with Crippen molar-refractivity contribution in [3.05, 3.63) is 71.4 Å². The lowest BCUT2D eigenvalue weighted by molar-refractivity contribution is -0.137. The second-order valence-corrected chi connectivity index (χ2v) is 10.3. The molecule has 1 N–H and O–H groups in total. The molecule has 186 valence electrons. The third-order valence-electron chi connectivity index (χ3n) is 5.20. The molecule has 7 nitrogen and oxygen atoms in total. The van der Waals surface area contributed by atoms with Crippen LogP contribution in [-0.4, -0.2) is 46.2 Å². The van der Waals surface area contributed by atoms with Crippen LogP contribution in [0.2, 0.25) is 5.02 Å².